The van der Waals surface area contributed by atoms with Gasteiger partial charge in [-0.25, -0.2) is 4.39 Å². The molecule has 2 aromatic carbocycles. The number of hydrogen-bond acceptors (Lipinski definition) is 4. The van der Waals surface area contributed by atoms with Gasteiger partial charge in [-0.05, 0) is 43.2 Å². The van der Waals surface area contributed by atoms with Crippen molar-refractivity contribution in [3.05, 3.63) is 60.5 Å². The molecule has 7 heteroatoms. The van der Waals surface area contributed by atoms with Crippen LogP contribution < -0.4 is 15.4 Å². The van der Waals surface area contributed by atoms with Crippen LogP contribution in [0.2, 0.25) is 0 Å². The highest BCUT2D eigenvalue weighted by molar-refractivity contribution is 5.95. The molecule has 1 aromatic heterocycles. The monoisotopic (exact) mass is 379 g/mol. The number of carbonyl (C=O) groups excluding carboxylic acids is 2. The number of fused-ring (bicyclic) bond motifs is 1. The predicted octanol–water partition coefficient (Wildman–Crippen LogP) is 3.63. The lowest BCUT2D eigenvalue weighted by Crippen LogP contribution is -2.33. The van der Waals surface area contributed by atoms with E-state index in [-0.39, 0.29) is 29.8 Å². The number of para-hydroxylation sites is 1. The van der Waals surface area contributed by atoms with Crippen LogP contribution in [0, 0.1) is 11.7 Å². The third-order valence-electron chi connectivity index (χ3n) is 4.42. The number of anilines is 1. The summed E-state index contributed by atoms with van der Waals surface area (Å²) in [5, 5.41) is 5.90. The SMILES string of the molecule is O=C(CNC(=O)C1CC1)Nc1ccc(Oc2ccnc3ccccc23)c(F)c1. The summed E-state index contributed by atoms with van der Waals surface area (Å²) in [6.45, 7) is -0.141. The summed E-state index contributed by atoms with van der Waals surface area (Å²) in [5.41, 5.74) is 1.03. The van der Waals surface area contributed by atoms with Crippen molar-refractivity contribution in [2.75, 3.05) is 11.9 Å². The van der Waals surface area contributed by atoms with Crippen molar-refractivity contribution in [3.8, 4) is 11.5 Å². The topological polar surface area (TPSA) is 80.3 Å². The molecule has 3 aromatic rings. The fourth-order valence-corrected chi connectivity index (χ4v) is 2.80. The van der Waals surface area contributed by atoms with E-state index in [1.54, 1.807) is 18.3 Å². The van der Waals surface area contributed by atoms with Crippen LogP contribution in [0.25, 0.3) is 10.9 Å². The van der Waals surface area contributed by atoms with Crippen molar-refractivity contribution in [2.45, 2.75) is 12.8 Å². The molecule has 2 amide bonds. The summed E-state index contributed by atoms with van der Waals surface area (Å²) < 4.78 is 20.2. The van der Waals surface area contributed by atoms with Crippen LogP contribution in [-0.4, -0.2) is 23.3 Å². The molecule has 6 nitrogen and oxygen atoms in total. The Morgan fingerprint density at radius 2 is 1.93 bits per heavy atom. The average molecular weight is 379 g/mol. The zero-order valence-electron chi connectivity index (χ0n) is 14.9. The van der Waals surface area contributed by atoms with Gasteiger partial charge in [0.25, 0.3) is 0 Å². The molecule has 1 fully saturated rings. The number of rotatable bonds is 6. The van der Waals surface area contributed by atoms with Gasteiger partial charge in [-0.15, -0.1) is 0 Å². The Morgan fingerprint density at radius 1 is 1.11 bits per heavy atom. The molecule has 1 aliphatic carbocycles. The third-order valence-corrected chi connectivity index (χ3v) is 4.42. The second-order valence-electron chi connectivity index (χ2n) is 6.61. The van der Waals surface area contributed by atoms with Crippen molar-refractivity contribution in [1.29, 1.82) is 0 Å². The van der Waals surface area contributed by atoms with Gasteiger partial charge >= 0.3 is 0 Å². The minimum absolute atomic E-state index is 0.0333. The Bertz CT molecular complexity index is 1040. The summed E-state index contributed by atoms with van der Waals surface area (Å²) in [7, 11) is 0. The van der Waals surface area contributed by atoms with E-state index in [0.717, 1.165) is 23.7 Å². The van der Waals surface area contributed by atoms with Crippen LogP contribution in [0.1, 0.15) is 12.8 Å². The van der Waals surface area contributed by atoms with Gasteiger partial charge in [0.05, 0.1) is 12.1 Å². The molecule has 2 N–H and O–H groups in total. The van der Waals surface area contributed by atoms with Crippen LogP contribution in [0.4, 0.5) is 10.1 Å². The molecule has 0 atom stereocenters. The standard InChI is InChI=1S/C21H18FN3O3/c22-16-11-14(25-20(26)12-24-21(27)13-5-6-13)7-8-19(16)28-18-9-10-23-17-4-2-1-3-15(17)18/h1-4,7-11,13H,5-6,12H2,(H,24,27)(H,25,26). The lowest BCUT2D eigenvalue weighted by atomic mass is 10.2. The van der Waals surface area contributed by atoms with Crippen molar-refractivity contribution >= 4 is 28.4 Å². The normalized spacial score (nSPS) is 13.2. The van der Waals surface area contributed by atoms with Gasteiger partial charge in [0, 0.05) is 29.3 Å². The first-order chi connectivity index (χ1) is 13.6. The Balaban J connectivity index is 1.42. The molecule has 0 spiro atoms. The molecule has 142 valence electrons. The number of hydrogen-bond donors (Lipinski definition) is 2. The van der Waals surface area contributed by atoms with E-state index >= 15 is 0 Å². The molecular weight excluding hydrogens is 361 g/mol. The summed E-state index contributed by atoms with van der Waals surface area (Å²) in [6.07, 6.45) is 3.33. The minimum Gasteiger partial charge on any atom is -0.454 e. The number of halogens is 1. The van der Waals surface area contributed by atoms with E-state index in [1.807, 2.05) is 24.3 Å². The Hall–Kier alpha value is -3.48. The maximum absolute atomic E-state index is 14.5. The van der Waals surface area contributed by atoms with Crippen LogP contribution in [0.5, 0.6) is 11.5 Å². The number of carbonyl (C=O) groups is 2. The van der Waals surface area contributed by atoms with Crippen LogP contribution >= 0.6 is 0 Å². The zero-order chi connectivity index (χ0) is 19.5. The van der Waals surface area contributed by atoms with Crippen LogP contribution in [-0.2, 0) is 9.59 Å². The van der Waals surface area contributed by atoms with Gasteiger partial charge in [0.1, 0.15) is 5.75 Å². The third kappa shape index (κ3) is 4.09. The van der Waals surface area contributed by atoms with E-state index in [1.165, 1.54) is 12.1 Å². The molecule has 1 aliphatic rings. The molecule has 0 unspecified atom stereocenters. The van der Waals surface area contributed by atoms with Gasteiger partial charge in [0.15, 0.2) is 11.6 Å². The van der Waals surface area contributed by atoms with Gasteiger partial charge in [-0.3, -0.25) is 14.6 Å². The first kappa shape index (κ1) is 17.9. The molecule has 1 saturated carbocycles. The largest absolute Gasteiger partial charge is 0.454 e. The average Bonchev–Trinajstić information content (AvgIpc) is 3.54. The fourth-order valence-electron chi connectivity index (χ4n) is 2.80. The maximum atomic E-state index is 14.5. The number of ether oxygens (including phenoxy) is 1. The number of nitrogens with one attached hydrogen (secondary N) is 2. The van der Waals surface area contributed by atoms with Crippen molar-refractivity contribution in [1.82, 2.24) is 10.3 Å². The van der Waals surface area contributed by atoms with Crippen molar-refractivity contribution in [2.24, 2.45) is 5.92 Å². The molecule has 28 heavy (non-hydrogen) atoms. The molecule has 0 aliphatic heterocycles. The molecule has 0 saturated heterocycles. The minimum atomic E-state index is -0.610. The second-order valence-corrected chi connectivity index (χ2v) is 6.61. The van der Waals surface area contributed by atoms with E-state index in [2.05, 4.69) is 15.6 Å². The smallest absolute Gasteiger partial charge is 0.243 e. The number of pyridine rings is 1. The Morgan fingerprint density at radius 3 is 2.71 bits per heavy atom. The van der Waals surface area contributed by atoms with Crippen LogP contribution in [0.15, 0.2) is 54.7 Å². The molecule has 4 rings (SSSR count). The number of benzene rings is 2. The first-order valence-electron chi connectivity index (χ1n) is 8.99. The van der Waals surface area contributed by atoms with Crippen LogP contribution in [0.3, 0.4) is 0 Å². The highest BCUT2D eigenvalue weighted by atomic mass is 19.1. The van der Waals surface area contributed by atoms with Gasteiger partial charge < -0.3 is 15.4 Å². The lowest BCUT2D eigenvalue weighted by Gasteiger charge is -2.11. The van der Waals surface area contributed by atoms with Gasteiger partial charge in [-0.1, -0.05) is 12.1 Å². The number of amides is 2. The van der Waals surface area contributed by atoms with Gasteiger partial charge in [0.2, 0.25) is 11.8 Å². The fraction of sp³-hybridized carbons (Fsp3) is 0.190. The Labute approximate surface area is 160 Å². The second kappa shape index (κ2) is 7.64. The van der Waals surface area contributed by atoms with E-state index < -0.39 is 11.7 Å². The first-order valence-corrected chi connectivity index (χ1v) is 8.99. The molecule has 0 radical (unpaired) electrons. The summed E-state index contributed by atoms with van der Waals surface area (Å²) in [5.74, 6) is -0.580. The molecular formula is C21H18FN3O3. The summed E-state index contributed by atoms with van der Waals surface area (Å²) in [4.78, 5) is 27.7. The van der Waals surface area contributed by atoms with E-state index in [0.29, 0.717) is 5.75 Å². The maximum Gasteiger partial charge on any atom is 0.243 e. The van der Waals surface area contributed by atoms with E-state index in [4.69, 9.17) is 4.74 Å². The highest BCUT2D eigenvalue weighted by Crippen LogP contribution is 2.31. The van der Waals surface area contributed by atoms with Crippen molar-refractivity contribution in [3.63, 3.8) is 0 Å². The quantitative estimate of drug-likeness (QED) is 0.685. The van der Waals surface area contributed by atoms with Gasteiger partial charge in [-0.2, -0.15) is 0 Å². The molecule has 1 heterocycles. The van der Waals surface area contributed by atoms with Crippen molar-refractivity contribution < 1.29 is 18.7 Å². The molecule has 0 bridgehead atoms. The lowest BCUT2D eigenvalue weighted by molar-refractivity contribution is -0.125. The predicted molar refractivity (Wildman–Crippen MR) is 103 cm³/mol. The van der Waals surface area contributed by atoms with E-state index in [9.17, 15) is 14.0 Å². The summed E-state index contributed by atoms with van der Waals surface area (Å²) >= 11 is 0. The number of aromatic nitrogens is 1. The summed E-state index contributed by atoms with van der Waals surface area (Å²) in [6, 6.07) is 13.3. The number of nitrogens with zero attached hydrogens (tertiary/aromatic N) is 1. The zero-order valence-corrected chi connectivity index (χ0v) is 14.9. The Kier molecular flexibility index (Phi) is 4.89. The highest BCUT2D eigenvalue weighted by Gasteiger charge is 2.29.